The van der Waals surface area contributed by atoms with Crippen molar-refractivity contribution in [3.8, 4) is 5.88 Å². The second-order valence-corrected chi connectivity index (χ2v) is 8.20. The molecule has 2 aromatic heterocycles. The van der Waals surface area contributed by atoms with Crippen molar-refractivity contribution < 1.29 is 14.3 Å². The Balaban J connectivity index is 1.29. The fraction of sp³-hybridized carbons (Fsp3) is 0.478. The summed E-state index contributed by atoms with van der Waals surface area (Å²) >= 11 is 0. The van der Waals surface area contributed by atoms with Gasteiger partial charge in [0.2, 0.25) is 11.8 Å². The van der Waals surface area contributed by atoms with Crippen LogP contribution < -0.4 is 4.74 Å². The zero-order valence-corrected chi connectivity index (χ0v) is 18.3. The summed E-state index contributed by atoms with van der Waals surface area (Å²) in [4.78, 5) is 31.3. The van der Waals surface area contributed by atoms with Crippen molar-refractivity contribution in [2.75, 3.05) is 26.3 Å². The van der Waals surface area contributed by atoms with Gasteiger partial charge in [-0.2, -0.15) is 4.98 Å². The van der Waals surface area contributed by atoms with Crippen LogP contribution in [-0.2, 0) is 16.0 Å². The van der Waals surface area contributed by atoms with E-state index in [0.717, 1.165) is 28.4 Å². The summed E-state index contributed by atoms with van der Waals surface area (Å²) in [6.07, 6.45) is 0.821. The van der Waals surface area contributed by atoms with Crippen LogP contribution in [-0.4, -0.2) is 63.2 Å². The highest BCUT2D eigenvalue weighted by Gasteiger charge is 2.25. The van der Waals surface area contributed by atoms with Gasteiger partial charge in [-0.1, -0.05) is 26.0 Å². The molecule has 8 heteroatoms. The van der Waals surface area contributed by atoms with Gasteiger partial charge in [-0.15, -0.1) is 0 Å². The van der Waals surface area contributed by atoms with Crippen LogP contribution in [0.2, 0.25) is 0 Å². The summed E-state index contributed by atoms with van der Waals surface area (Å²) in [6.45, 7) is 8.00. The maximum absolute atomic E-state index is 12.7. The number of morpholine rings is 1. The number of nitrogens with one attached hydrogen (secondary N) is 1. The lowest BCUT2D eigenvalue weighted by Gasteiger charge is -2.32. The molecule has 1 fully saturated rings. The van der Waals surface area contributed by atoms with Crippen molar-refractivity contribution in [1.82, 2.24) is 24.8 Å². The smallest absolute Gasteiger partial charge is 0.223 e. The van der Waals surface area contributed by atoms with E-state index >= 15 is 0 Å². The van der Waals surface area contributed by atoms with Gasteiger partial charge in [0.1, 0.15) is 24.4 Å². The Hall–Kier alpha value is -3.00. The average Bonchev–Trinajstić information content (AvgIpc) is 3.19. The minimum absolute atomic E-state index is 0.105. The van der Waals surface area contributed by atoms with Gasteiger partial charge in [0.05, 0.1) is 24.2 Å². The molecule has 1 atom stereocenters. The minimum Gasteiger partial charge on any atom is -0.475 e. The van der Waals surface area contributed by atoms with Gasteiger partial charge in [0.25, 0.3) is 0 Å². The Morgan fingerprint density at radius 1 is 1.29 bits per heavy atom. The molecule has 8 nitrogen and oxygen atoms in total. The van der Waals surface area contributed by atoms with Crippen LogP contribution in [0.1, 0.15) is 43.5 Å². The van der Waals surface area contributed by atoms with Crippen molar-refractivity contribution in [2.24, 2.45) is 0 Å². The minimum atomic E-state index is -0.179. The normalized spacial score (nSPS) is 16.8. The first-order chi connectivity index (χ1) is 15.0. The van der Waals surface area contributed by atoms with E-state index < -0.39 is 0 Å². The summed E-state index contributed by atoms with van der Waals surface area (Å²) in [5.74, 6) is 2.49. The second-order valence-electron chi connectivity index (χ2n) is 8.20. The summed E-state index contributed by atoms with van der Waals surface area (Å²) in [5.41, 5.74) is 2.80. The Kier molecular flexibility index (Phi) is 6.46. The molecule has 1 N–H and O–H groups in total. The summed E-state index contributed by atoms with van der Waals surface area (Å²) in [5, 5.41) is 0. The number of aryl methyl sites for hydroxylation is 2. The summed E-state index contributed by atoms with van der Waals surface area (Å²) in [7, 11) is 0. The number of aromatic amines is 1. The molecule has 0 bridgehead atoms. The van der Waals surface area contributed by atoms with Gasteiger partial charge in [0, 0.05) is 37.1 Å². The highest BCUT2D eigenvalue weighted by Crippen LogP contribution is 2.17. The molecular weight excluding hydrogens is 394 g/mol. The molecule has 31 heavy (non-hydrogen) atoms. The Labute approximate surface area is 182 Å². The molecule has 1 aromatic carbocycles. The van der Waals surface area contributed by atoms with Gasteiger partial charge >= 0.3 is 0 Å². The Morgan fingerprint density at radius 2 is 2.13 bits per heavy atom. The Morgan fingerprint density at radius 3 is 2.94 bits per heavy atom. The van der Waals surface area contributed by atoms with Crippen molar-refractivity contribution in [1.29, 1.82) is 0 Å². The van der Waals surface area contributed by atoms with Gasteiger partial charge < -0.3 is 19.4 Å². The van der Waals surface area contributed by atoms with E-state index in [0.29, 0.717) is 45.0 Å². The second kappa shape index (κ2) is 9.43. The highest BCUT2D eigenvalue weighted by molar-refractivity contribution is 5.77. The zero-order valence-electron chi connectivity index (χ0n) is 18.3. The molecule has 1 aliphatic rings. The number of amides is 1. The maximum atomic E-state index is 12.7. The number of H-pyrrole nitrogens is 1. The first-order valence-corrected chi connectivity index (χ1v) is 10.8. The van der Waals surface area contributed by atoms with Gasteiger partial charge in [0.15, 0.2) is 0 Å². The lowest BCUT2D eigenvalue weighted by molar-refractivity contribution is -0.139. The molecular formula is C23H29N5O3. The number of nitrogens with zero attached hydrogens (tertiary/aromatic N) is 4. The SMILES string of the molecule is Cc1cc(OCC2CN(C(=O)CCc3nc4ccccc4[nH]3)CCO2)nc(C(C)C)n1. The molecule has 1 amide bonds. The molecule has 0 aliphatic carbocycles. The third kappa shape index (κ3) is 5.38. The number of fused-ring (bicyclic) bond motifs is 1. The molecule has 4 rings (SSSR count). The number of para-hydroxylation sites is 2. The van der Waals surface area contributed by atoms with Crippen molar-refractivity contribution >= 4 is 16.9 Å². The number of hydrogen-bond acceptors (Lipinski definition) is 6. The average molecular weight is 424 g/mol. The highest BCUT2D eigenvalue weighted by atomic mass is 16.5. The quantitative estimate of drug-likeness (QED) is 0.628. The van der Waals surface area contributed by atoms with Crippen molar-refractivity contribution in [3.05, 3.63) is 47.7 Å². The Bertz CT molecular complexity index is 1020. The van der Waals surface area contributed by atoms with Crippen LogP contribution in [0.5, 0.6) is 5.88 Å². The van der Waals surface area contributed by atoms with E-state index in [4.69, 9.17) is 9.47 Å². The number of rotatable bonds is 7. The van der Waals surface area contributed by atoms with Crippen LogP contribution >= 0.6 is 0 Å². The van der Waals surface area contributed by atoms with E-state index in [1.54, 1.807) is 0 Å². The first kappa shape index (κ1) is 21.2. The summed E-state index contributed by atoms with van der Waals surface area (Å²) in [6, 6.07) is 9.71. The van der Waals surface area contributed by atoms with E-state index in [1.165, 1.54) is 0 Å². The van der Waals surface area contributed by atoms with Gasteiger partial charge in [-0.3, -0.25) is 4.79 Å². The maximum Gasteiger partial charge on any atom is 0.223 e. The standard InChI is InChI=1S/C23H29N5O3/c1-15(2)23-24-16(3)12-21(27-23)31-14-17-13-28(10-11-30-17)22(29)9-8-20-25-18-6-4-5-7-19(18)26-20/h4-7,12,15,17H,8-11,13-14H2,1-3H3,(H,25,26). The van der Waals surface area contributed by atoms with Crippen molar-refractivity contribution in [2.45, 2.75) is 45.6 Å². The number of imidazole rings is 1. The van der Waals surface area contributed by atoms with Crippen LogP contribution in [0.15, 0.2) is 30.3 Å². The van der Waals surface area contributed by atoms with E-state index in [-0.39, 0.29) is 17.9 Å². The molecule has 164 valence electrons. The number of aromatic nitrogens is 4. The lowest BCUT2D eigenvalue weighted by Crippen LogP contribution is -2.47. The van der Waals surface area contributed by atoms with Crippen LogP contribution in [0.25, 0.3) is 11.0 Å². The van der Waals surface area contributed by atoms with Crippen LogP contribution in [0.4, 0.5) is 0 Å². The number of carbonyl (C=O) groups is 1. The van der Waals surface area contributed by atoms with Crippen molar-refractivity contribution in [3.63, 3.8) is 0 Å². The van der Waals surface area contributed by atoms with E-state index in [2.05, 4.69) is 33.8 Å². The summed E-state index contributed by atoms with van der Waals surface area (Å²) < 4.78 is 11.7. The molecule has 3 aromatic rings. The predicted octanol–water partition coefficient (Wildman–Crippen LogP) is 3.02. The van der Waals surface area contributed by atoms with Gasteiger partial charge in [-0.05, 0) is 19.1 Å². The largest absolute Gasteiger partial charge is 0.475 e. The molecule has 3 heterocycles. The predicted molar refractivity (Wildman–Crippen MR) is 117 cm³/mol. The molecule has 1 saturated heterocycles. The molecule has 0 spiro atoms. The van der Waals surface area contributed by atoms with Gasteiger partial charge in [-0.25, -0.2) is 9.97 Å². The number of carbonyl (C=O) groups excluding carboxylic acids is 1. The van der Waals surface area contributed by atoms with Crippen LogP contribution in [0, 0.1) is 6.92 Å². The fourth-order valence-corrected chi connectivity index (χ4v) is 3.63. The molecule has 0 saturated carbocycles. The van der Waals surface area contributed by atoms with Crippen LogP contribution in [0.3, 0.4) is 0 Å². The topological polar surface area (TPSA) is 93.2 Å². The van der Waals surface area contributed by atoms with E-state index in [9.17, 15) is 4.79 Å². The number of hydrogen-bond donors (Lipinski definition) is 1. The third-order valence-corrected chi connectivity index (χ3v) is 5.29. The molecule has 1 unspecified atom stereocenters. The lowest BCUT2D eigenvalue weighted by atomic mass is 10.2. The first-order valence-electron chi connectivity index (χ1n) is 10.8. The zero-order chi connectivity index (χ0) is 21.8. The number of benzene rings is 1. The monoisotopic (exact) mass is 423 g/mol. The molecule has 1 aliphatic heterocycles. The molecule has 0 radical (unpaired) electrons. The number of ether oxygens (including phenoxy) is 2. The van der Waals surface area contributed by atoms with E-state index in [1.807, 2.05) is 42.2 Å². The third-order valence-electron chi connectivity index (χ3n) is 5.29. The fourth-order valence-electron chi connectivity index (χ4n) is 3.63.